The van der Waals surface area contributed by atoms with Gasteiger partial charge in [0, 0.05) is 36.7 Å². The molecule has 0 spiro atoms. The molecule has 0 amide bonds. The molecule has 6 aromatic rings. The quantitative estimate of drug-likeness (QED) is 0.246. The molecule has 4 heterocycles. The number of hydrogen-bond donors (Lipinski definition) is 0. The van der Waals surface area contributed by atoms with E-state index in [0.717, 1.165) is 11.2 Å². The van der Waals surface area contributed by atoms with Crippen molar-refractivity contribution in [2.45, 2.75) is 16.7 Å². The number of benzene rings is 3. The number of para-hydroxylation sites is 1. The molecule has 0 unspecified atom stereocenters. The number of aryl methyl sites for hydroxylation is 2. The van der Waals surface area contributed by atoms with Crippen molar-refractivity contribution in [3.05, 3.63) is 65.7 Å². The molecule has 0 aliphatic carbocycles. The Labute approximate surface area is 175 Å². The number of furan rings is 1. The van der Waals surface area contributed by atoms with E-state index in [1.165, 1.54) is 58.2 Å². The zero-order valence-electron chi connectivity index (χ0n) is 15.9. The van der Waals surface area contributed by atoms with Crippen molar-refractivity contribution in [2.24, 2.45) is 7.05 Å². The van der Waals surface area contributed by atoms with Crippen molar-refractivity contribution in [1.29, 1.82) is 0 Å². The minimum Gasteiger partial charge on any atom is -0.455 e. The highest BCUT2D eigenvalue weighted by Gasteiger charge is 2.31. The number of nitrogens with zero attached hydrogens (tertiary/aromatic N) is 1. The first-order chi connectivity index (χ1) is 14.2. The molecular formula is C25H16NOS2+. The fourth-order valence-electron chi connectivity index (χ4n) is 4.82. The standard InChI is InChI=1S/C25H16NOS2/c1-13-21-19(11-14-8-10-28-25(13)14)29-20-12-17-15-5-3-4-6-18(15)27-24(17)16-7-9-26(2)23(21)22(16)20/h3-12H,1-2H3/q+1. The summed E-state index contributed by atoms with van der Waals surface area (Å²) in [4.78, 5) is 2.66. The predicted molar refractivity (Wildman–Crippen MR) is 122 cm³/mol. The summed E-state index contributed by atoms with van der Waals surface area (Å²) in [5, 5.41) is 8.43. The molecule has 2 nitrogen and oxygen atoms in total. The van der Waals surface area contributed by atoms with E-state index in [9.17, 15) is 0 Å². The summed E-state index contributed by atoms with van der Waals surface area (Å²) in [5.74, 6) is 0. The van der Waals surface area contributed by atoms with Crippen LogP contribution in [0.5, 0.6) is 0 Å². The summed E-state index contributed by atoms with van der Waals surface area (Å²) in [5.41, 5.74) is 5.97. The van der Waals surface area contributed by atoms with E-state index in [1.807, 2.05) is 29.2 Å². The number of aromatic nitrogens is 1. The summed E-state index contributed by atoms with van der Waals surface area (Å²) in [6, 6.07) is 17.5. The zero-order chi connectivity index (χ0) is 19.3. The first-order valence-corrected chi connectivity index (χ1v) is 11.4. The topological polar surface area (TPSA) is 17.0 Å². The SMILES string of the molecule is Cc1c2c(cc3ccsc13)Sc1cc3c4ccccc4oc3c3cc[n+](C)c-2c13. The Morgan fingerprint density at radius 3 is 2.76 bits per heavy atom. The highest BCUT2D eigenvalue weighted by Crippen LogP contribution is 2.52. The van der Waals surface area contributed by atoms with Crippen molar-refractivity contribution >= 4 is 65.9 Å². The molecule has 3 aromatic heterocycles. The van der Waals surface area contributed by atoms with Gasteiger partial charge in [0.2, 0.25) is 5.69 Å². The molecule has 3 aromatic carbocycles. The molecule has 29 heavy (non-hydrogen) atoms. The Kier molecular flexibility index (Phi) is 2.99. The number of fused-ring (bicyclic) bond motifs is 7. The van der Waals surface area contributed by atoms with Gasteiger partial charge in [-0.2, -0.15) is 0 Å². The van der Waals surface area contributed by atoms with Crippen LogP contribution in [0.25, 0.3) is 54.1 Å². The van der Waals surface area contributed by atoms with Crippen LogP contribution in [0.4, 0.5) is 0 Å². The van der Waals surface area contributed by atoms with Crippen LogP contribution in [0.3, 0.4) is 0 Å². The van der Waals surface area contributed by atoms with E-state index in [-0.39, 0.29) is 0 Å². The molecule has 7 rings (SSSR count). The molecular weight excluding hydrogens is 394 g/mol. The Hall–Kier alpha value is -2.82. The average Bonchev–Trinajstić information content (AvgIpc) is 3.34. The lowest BCUT2D eigenvalue weighted by Gasteiger charge is -2.20. The monoisotopic (exact) mass is 410 g/mol. The van der Waals surface area contributed by atoms with E-state index >= 15 is 0 Å². The Bertz CT molecular complexity index is 1650. The predicted octanol–water partition coefficient (Wildman–Crippen LogP) is 7.22. The van der Waals surface area contributed by atoms with Gasteiger partial charge in [0.25, 0.3) is 0 Å². The van der Waals surface area contributed by atoms with E-state index in [2.05, 4.69) is 72.6 Å². The lowest BCUT2D eigenvalue weighted by molar-refractivity contribution is -0.659. The summed E-state index contributed by atoms with van der Waals surface area (Å²) < 4.78 is 10.00. The van der Waals surface area contributed by atoms with Crippen molar-refractivity contribution in [3.63, 3.8) is 0 Å². The van der Waals surface area contributed by atoms with Gasteiger partial charge in [0.15, 0.2) is 6.20 Å². The first kappa shape index (κ1) is 16.0. The van der Waals surface area contributed by atoms with Gasteiger partial charge in [0.05, 0.1) is 10.9 Å². The van der Waals surface area contributed by atoms with Gasteiger partial charge in [0.1, 0.15) is 18.2 Å². The lowest BCUT2D eigenvalue weighted by Crippen LogP contribution is -2.31. The maximum absolute atomic E-state index is 6.34. The largest absolute Gasteiger partial charge is 0.455 e. The van der Waals surface area contributed by atoms with Gasteiger partial charge >= 0.3 is 0 Å². The molecule has 0 bridgehead atoms. The van der Waals surface area contributed by atoms with Gasteiger partial charge in [-0.25, -0.2) is 4.57 Å². The fourth-order valence-corrected chi connectivity index (χ4v) is 6.98. The highest BCUT2D eigenvalue weighted by atomic mass is 32.2. The summed E-state index contributed by atoms with van der Waals surface area (Å²) in [6.07, 6.45) is 2.17. The third-order valence-electron chi connectivity index (χ3n) is 6.12. The van der Waals surface area contributed by atoms with Crippen LogP contribution < -0.4 is 4.57 Å². The Morgan fingerprint density at radius 2 is 1.83 bits per heavy atom. The molecule has 0 radical (unpaired) electrons. The second-order valence-electron chi connectivity index (χ2n) is 7.73. The molecule has 0 saturated carbocycles. The van der Waals surface area contributed by atoms with Crippen LogP contribution in [0, 0.1) is 6.92 Å². The molecule has 138 valence electrons. The third-order valence-corrected chi connectivity index (χ3v) is 8.26. The van der Waals surface area contributed by atoms with E-state index in [0.29, 0.717) is 0 Å². The number of pyridine rings is 1. The Morgan fingerprint density at radius 1 is 0.931 bits per heavy atom. The van der Waals surface area contributed by atoms with Crippen LogP contribution in [0.15, 0.2) is 74.3 Å². The summed E-state index contributed by atoms with van der Waals surface area (Å²) in [6.45, 7) is 2.27. The minimum atomic E-state index is 0.953. The van der Waals surface area contributed by atoms with Crippen LogP contribution in [0.2, 0.25) is 0 Å². The van der Waals surface area contributed by atoms with Gasteiger partial charge in [-0.3, -0.25) is 0 Å². The molecule has 0 fully saturated rings. The smallest absolute Gasteiger partial charge is 0.222 e. The maximum Gasteiger partial charge on any atom is 0.222 e. The second-order valence-corrected chi connectivity index (χ2v) is 9.73. The van der Waals surface area contributed by atoms with Crippen molar-refractivity contribution in [2.75, 3.05) is 0 Å². The van der Waals surface area contributed by atoms with E-state index < -0.39 is 0 Å². The number of rotatable bonds is 0. The lowest BCUT2D eigenvalue weighted by atomic mass is 9.96. The molecule has 4 heteroatoms. The maximum atomic E-state index is 6.34. The van der Waals surface area contributed by atoms with E-state index in [1.54, 1.807) is 0 Å². The number of hydrogen-bond acceptors (Lipinski definition) is 3. The molecule has 1 aliphatic heterocycles. The minimum absolute atomic E-state index is 0.953. The second kappa shape index (κ2) is 5.41. The fraction of sp³-hybridized carbons (Fsp3) is 0.0800. The van der Waals surface area contributed by atoms with Gasteiger partial charge in [-0.1, -0.05) is 30.0 Å². The van der Waals surface area contributed by atoms with Crippen LogP contribution in [0.1, 0.15) is 5.56 Å². The third kappa shape index (κ3) is 1.96. The summed E-state index contributed by atoms with van der Waals surface area (Å²) in [7, 11) is 2.15. The molecule has 1 aliphatic rings. The highest BCUT2D eigenvalue weighted by molar-refractivity contribution is 7.99. The Balaban J connectivity index is 1.72. The van der Waals surface area contributed by atoms with Crippen LogP contribution in [-0.4, -0.2) is 0 Å². The average molecular weight is 411 g/mol. The molecule has 0 atom stereocenters. The molecule has 0 N–H and O–H groups in total. The van der Waals surface area contributed by atoms with Gasteiger partial charge in [-0.05, 0) is 47.5 Å². The molecule has 0 saturated heterocycles. The van der Waals surface area contributed by atoms with Crippen LogP contribution >= 0.6 is 23.1 Å². The van der Waals surface area contributed by atoms with E-state index in [4.69, 9.17) is 4.42 Å². The normalized spacial score (nSPS) is 13.0. The van der Waals surface area contributed by atoms with Crippen molar-refractivity contribution in [1.82, 2.24) is 0 Å². The first-order valence-electron chi connectivity index (χ1n) is 9.66. The van der Waals surface area contributed by atoms with Crippen molar-refractivity contribution < 1.29 is 8.98 Å². The van der Waals surface area contributed by atoms with Gasteiger partial charge < -0.3 is 4.42 Å². The van der Waals surface area contributed by atoms with Gasteiger partial charge in [-0.15, -0.1) is 11.3 Å². The number of thiophene rings is 1. The van der Waals surface area contributed by atoms with Crippen molar-refractivity contribution in [3.8, 4) is 11.3 Å². The van der Waals surface area contributed by atoms with Crippen LogP contribution in [-0.2, 0) is 7.05 Å². The summed E-state index contributed by atoms with van der Waals surface area (Å²) >= 11 is 3.72. The zero-order valence-corrected chi connectivity index (χ0v) is 17.6.